The minimum Gasteiger partial charge on any atom is -0.436 e. The number of nitrogens with zero attached hydrogens (tertiary/aromatic N) is 1. The summed E-state index contributed by atoms with van der Waals surface area (Å²) in [7, 11) is 0. The molecule has 0 atom stereocenters. The standard InChI is InChI=1S/C33H21NO/c1-2-11-22(12-3-1)31-25-15-4-6-17-27(25)32(28-18-7-5-16-26(28)31)23-13-10-14-24(21-23)33-34-29-19-8-9-20-30(29)35-33/h1-21H. The first-order chi connectivity index (χ1) is 17.4. The summed E-state index contributed by atoms with van der Waals surface area (Å²) in [5.41, 5.74) is 7.53. The number of fused-ring (bicyclic) bond motifs is 3. The van der Waals surface area contributed by atoms with E-state index in [0.717, 1.165) is 22.2 Å². The van der Waals surface area contributed by atoms with Crippen molar-refractivity contribution in [3.8, 4) is 33.7 Å². The lowest BCUT2D eigenvalue weighted by atomic mass is 9.86. The van der Waals surface area contributed by atoms with Gasteiger partial charge in [-0.1, -0.05) is 103 Å². The van der Waals surface area contributed by atoms with Crippen molar-refractivity contribution in [2.75, 3.05) is 0 Å². The SMILES string of the molecule is c1ccc(-c2c3ccccc3c(-c3cccc(-c4nc5ccccc5o4)c3)c3ccccc23)cc1. The quantitative estimate of drug-likeness (QED) is 0.252. The van der Waals surface area contributed by atoms with E-state index in [1.54, 1.807) is 0 Å². The molecule has 0 unspecified atom stereocenters. The van der Waals surface area contributed by atoms with Crippen molar-refractivity contribution >= 4 is 32.6 Å². The molecule has 0 N–H and O–H groups in total. The van der Waals surface area contributed by atoms with Crippen LogP contribution in [0.4, 0.5) is 0 Å². The number of rotatable bonds is 3. The largest absolute Gasteiger partial charge is 0.436 e. The molecule has 0 bridgehead atoms. The van der Waals surface area contributed by atoms with Gasteiger partial charge in [-0.15, -0.1) is 0 Å². The zero-order chi connectivity index (χ0) is 23.2. The molecule has 0 saturated heterocycles. The van der Waals surface area contributed by atoms with Crippen LogP contribution in [0.25, 0.3) is 66.4 Å². The minimum absolute atomic E-state index is 0.641. The lowest BCUT2D eigenvalue weighted by Crippen LogP contribution is -1.91. The second-order valence-electron chi connectivity index (χ2n) is 8.77. The summed E-state index contributed by atoms with van der Waals surface area (Å²) in [5, 5.41) is 4.97. The van der Waals surface area contributed by atoms with Gasteiger partial charge in [0, 0.05) is 5.56 Å². The van der Waals surface area contributed by atoms with E-state index in [1.165, 1.54) is 38.2 Å². The fourth-order valence-electron chi connectivity index (χ4n) is 5.16. The molecule has 7 rings (SSSR count). The molecule has 164 valence electrons. The maximum absolute atomic E-state index is 6.09. The Bertz CT molecular complexity index is 1760. The van der Waals surface area contributed by atoms with E-state index in [4.69, 9.17) is 9.40 Å². The highest BCUT2D eigenvalue weighted by molar-refractivity contribution is 6.21. The summed E-state index contributed by atoms with van der Waals surface area (Å²) in [6.45, 7) is 0. The molecule has 0 radical (unpaired) electrons. The topological polar surface area (TPSA) is 26.0 Å². The van der Waals surface area contributed by atoms with E-state index in [-0.39, 0.29) is 0 Å². The van der Waals surface area contributed by atoms with Gasteiger partial charge in [0.05, 0.1) is 0 Å². The van der Waals surface area contributed by atoms with Crippen LogP contribution in [0.15, 0.2) is 132 Å². The molecule has 35 heavy (non-hydrogen) atoms. The van der Waals surface area contributed by atoms with Crippen LogP contribution in [0, 0.1) is 0 Å². The molecule has 0 aliphatic rings. The number of para-hydroxylation sites is 2. The third-order valence-corrected chi connectivity index (χ3v) is 6.69. The number of aromatic nitrogens is 1. The molecule has 6 aromatic carbocycles. The normalized spacial score (nSPS) is 11.4. The van der Waals surface area contributed by atoms with Gasteiger partial charge in [-0.25, -0.2) is 4.98 Å². The first kappa shape index (κ1) is 19.7. The summed E-state index contributed by atoms with van der Waals surface area (Å²) in [4.78, 5) is 4.73. The van der Waals surface area contributed by atoms with E-state index in [1.807, 2.05) is 24.3 Å². The Morgan fingerprint density at radius 2 is 0.943 bits per heavy atom. The predicted molar refractivity (Wildman–Crippen MR) is 145 cm³/mol. The lowest BCUT2D eigenvalue weighted by molar-refractivity contribution is 0.620. The third-order valence-electron chi connectivity index (χ3n) is 6.69. The molecule has 1 aromatic heterocycles. The Morgan fingerprint density at radius 1 is 0.429 bits per heavy atom. The third kappa shape index (κ3) is 3.23. The molecule has 0 saturated carbocycles. The van der Waals surface area contributed by atoms with Crippen LogP contribution in [-0.4, -0.2) is 4.98 Å². The zero-order valence-corrected chi connectivity index (χ0v) is 19.0. The fraction of sp³-hybridized carbons (Fsp3) is 0. The van der Waals surface area contributed by atoms with Crippen LogP contribution in [0.5, 0.6) is 0 Å². The Balaban J connectivity index is 1.53. The average molecular weight is 448 g/mol. The Morgan fingerprint density at radius 3 is 1.60 bits per heavy atom. The van der Waals surface area contributed by atoms with E-state index in [9.17, 15) is 0 Å². The zero-order valence-electron chi connectivity index (χ0n) is 19.0. The van der Waals surface area contributed by atoms with Gasteiger partial charge in [0.15, 0.2) is 5.58 Å². The monoisotopic (exact) mass is 447 g/mol. The predicted octanol–water partition coefficient (Wildman–Crippen LogP) is 9.14. The van der Waals surface area contributed by atoms with E-state index < -0.39 is 0 Å². The van der Waals surface area contributed by atoms with Gasteiger partial charge in [0.1, 0.15) is 5.52 Å². The van der Waals surface area contributed by atoms with Gasteiger partial charge in [0.25, 0.3) is 0 Å². The van der Waals surface area contributed by atoms with Crippen LogP contribution in [0.3, 0.4) is 0 Å². The van der Waals surface area contributed by atoms with Crippen molar-refractivity contribution in [2.24, 2.45) is 0 Å². The molecule has 0 amide bonds. The molecule has 0 aliphatic heterocycles. The van der Waals surface area contributed by atoms with Crippen molar-refractivity contribution in [3.63, 3.8) is 0 Å². The van der Waals surface area contributed by atoms with E-state index >= 15 is 0 Å². The first-order valence-corrected chi connectivity index (χ1v) is 11.8. The second kappa shape index (κ2) is 7.96. The molecule has 7 aromatic rings. The van der Waals surface area contributed by atoms with Gasteiger partial charge in [-0.05, 0) is 68.1 Å². The van der Waals surface area contributed by atoms with Crippen LogP contribution in [0.1, 0.15) is 0 Å². The number of oxazole rings is 1. The Hall–Kier alpha value is -4.69. The minimum atomic E-state index is 0.641. The summed E-state index contributed by atoms with van der Waals surface area (Å²) in [6.07, 6.45) is 0. The van der Waals surface area contributed by atoms with E-state index in [0.29, 0.717) is 5.89 Å². The Kier molecular flexibility index (Phi) is 4.49. The summed E-state index contributed by atoms with van der Waals surface area (Å²) in [6, 6.07) is 44.5. The first-order valence-electron chi connectivity index (χ1n) is 11.8. The summed E-state index contributed by atoms with van der Waals surface area (Å²) >= 11 is 0. The number of hydrogen-bond donors (Lipinski definition) is 0. The smallest absolute Gasteiger partial charge is 0.227 e. The highest BCUT2D eigenvalue weighted by atomic mass is 16.3. The van der Waals surface area contributed by atoms with Crippen molar-refractivity contribution < 1.29 is 4.42 Å². The molecular formula is C33H21NO. The fourth-order valence-corrected chi connectivity index (χ4v) is 5.16. The van der Waals surface area contributed by atoms with Gasteiger partial charge in [-0.2, -0.15) is 0 Å². The van der Waals surface area contributed by atoms with Crippen molar-refractivity contribution in [1.82, 2.24) is 4.98 Å². The molecule has 0 spiro atoms. The molecule has 1 heterocycles. The molecular weight excluding hydrogens is 426 g/mol. The molecule has 2 nitrogen and oxygen atoms in total. The van der Waals surface area contributed by atoms with Gasteiger partial charge in [0.2, 0.25) is 5.89 Å². The highest BCUT2D eigenvalue weighted by Gasteiger charge is 2.17. The van der Waals surface area contributed by atoms with Gasteiger partial charge < -0.3 is 4.42 Å². The van der Waals surface area contributed by atoms with Crippen molar-refractivity contribution in [2.45, 2.75) is 0 Å². The number of benzene rings is 6. The van der Waals surface area contributed by atoms with Crippen molar-refractivity contribution in [3.05, 3.63) is 127 Å². The van der Waals surface area contributed by atoms with Crippen molar-refractivity contribution in [1.29, 1.82) is 0 Å². The van der Waals surface area contributed by atoms with Crippen LogP contribution >= 0.6 is 0 Å². The molecule has 0 aliphatic carbocycles. The van der Waals surface area contributed by atoms with Crippen LogP contribution in [0.2, 0.25) is 0 Å². The summed E-state index contributed by atoms with van der Waals surface area (Å²) < 4.78 is 6.09. The molecule has 0 fully saturated rings. The highest BCUT2D eigenvalue weighted by Crippen LogP contribution is 2.44. The lowest BCUT2D eigenvalue weighted by Gasteiger charge is -2.17. The van der Waals surface area contributed by atoms with Gasteiger partial charge in [-0.3, -0.25) is 0 Å². The second-order valence-corrected chi connectivity index (χ2v) is 8.77. The maximum Gasteiger partial charge on any atom is 0.227 e. The summed E-state index contributed by atoms with van der Waals surface area (Å²) in [5.74, 6) is 0.641. The number of hydrogen-bond acceptors (Lipinski definition) is 2. The van der Waals surface area contributed by atoms with Gasteiger partial charge >= 0.3 is 0 Å². The average Bonchev–Trinajstić information content (AvgIpc) is 3.37. The van der Waals surface area contributed by atoms with E-state index in [2.05, 4.69) is 103 Å². The Labute approximate surface area is 203 Å². The van der Waals surface area contributed by atoms with Crippen LogP contribution < -0.4 is 0 Å². The van der Waals surface area contributed by atoms with Crippen LogP contribution in [-0.2, 0) is 0 Å². The maximum atomic E-state index is 6.09. The molecule has 2 heteroatoms.